The molecule has 2 rings (SSSR count). The molecule has 20 heavy (non-hydrogen) atoms. The average molecular weight is 338 g/mol. The first-order valence-electron chi connectivity index (χ1n) is 5.99. The molecular formula is C15H13BrFNO2. The second-order valence-electron chi connectivity index (χ2n) is 4.45. The van der Waals surface area contributed by atoms with Gasteiger partial charge in [-0.05, 0) is 42.3 Å². The number of hydrogen-bond donors (Lipinski definition) is 2. The number of aryl methyl sites for hydroxylation is 1. The van der Waals surface area contributed by atoms with Crippen LogP contribution in [0.25, 0.3) is 0 Å². The van der Waals surface area contributed by atoms with Gasteiger partial charge in [-0.3, -0.25) is 0 Å². The van der Waals surface area contributed by atoms with Gasteiger partial charge in [0.2, 0.25) is 0 Å². The number of carbonyl (C=O) groups is 1. The van der Waals surface area contributed by atoms with E-state index in [-0.39, 0.29) is 11.4 Å². The van der Waals surface area contributed by atoms with Crippen molar-refractivity contribution >= 4 is 27.6 Å². The number of carboxylic acids is 1. The minimum absolute atomic E-state index is 0.210. The fourth-order valence-corrected chi connectivity index (χ4v) is 2.30. The molecule has 0 saturated heterocycles. The van der Waals surface area contributed by atoms with E-state index in [9.17, 15) is 9.18 Å². The second kappa shape index (κ2) is 6.05. The zero-order valence-electron chi connectivity index (χ0n) is 10.8. The fourth-order valence-electron chi connectivity index (χ4n) is 1.78. The summed E-state index contributed by atoms with van der Waals surface area (Å²) in [5.41, 5.74) is 2.35. The largest absolute Gasteiger partial charge is 0.478 e. The lowest BCUT2D eigenvalue weighted by Crippen LogP contribution is -2.04. The van der Waals surface area contributed by atoms with E-state index in [4.69, 9.17) is 5.11 Å². The van der Waals surface area contributed by atoms with Crippen LogP contribution >= 0.6 is 15.9 Å². The van der Waals surface area contributed by atoms with Gasteiger partial charge in [0.25, 0.3) is 0 Å². The molecule has 0 aliphatic heterocycles. The summed E-state index contributed by atoms with van der Waals surface area (Å²) >= 11 is 3.32. The van der Waals surface area contributed by atoms with Gasteiger partial charge in [-0.1, -0.05) is 28.1 Å². The third-order valence-electron chi connectivity index (χ3n) is 2.89. The molecule has 104 valence electrons. The summed E-state index contributed by atoms with van der Waals surface area (Å²) in [4.78, 5) is 10.8. The molecule has 0 atom stereocenters. The van der Waals surface area contributed by atoms with Crippen molar-refractivity contribution < 1.29 is 14.3 Å². The minimum Gasteiger partial charge on any atom is -0.478 e. The molecule has 0 heterocycles. The van der Waals surface area contributed by atoms with Crippen LogP contribution in [0.2, 0.25) is 0 Å². The third-order valence-corrected chi connectivity index (χ3v) is 3.63. The predicted molar refractivity (Wildman–Crippen MR) is 79.6 cm³/mol. The molecule has 0 bridgehead atoms. The van der Waals surface area contributed by atoms with Gasteiger partial charge >= 0.3 is 5.97 Å². The van der Waals surface area contributed by atoms with E-state index in [1.807, 2.05) is 13.0 Å². The van der Waals surface area contributed by atoms with Gasteiger partial charge < -0.3 is 10.4 Å². The Morgan fingerprint density at radius 1 is 1.30 bits per heavy atom. The smallest absolute Gasteiger partial charge is 0.335 e. The van der Waals surface area contributed by atoms with Crippen molar-refractivity contribution in [3.8, 4) is 0 Å². The monoisotopic (exact) mass is 337 g/mol. The van der Waals surface area contributed by atoms with E-state index in [1.54, 1.807) is 12.1 Å². The van der Waals surface area contributed by atoms with Gasteiger partial charge in [0.05, 0.1) is 11.3 Å². The summed E-state index contributed by atoms with van der Waals surface area (Å²) in [5.74, 6) is -1.28. The highest BCUT2D eigenvalue weighted by Crippen LogP contribution is 2.21. The van der Waals surface area contributed by atoms with Crippen LogP contribution in [0.4, 0.5) is 10.1 Å². The Morgan fingerprint density at radius 2 is 2.05 bits per heavy atom. The summed E-state index contributed by atoms with van der Waals surface area (Å²) in [7, 11) is 0. The lowest BCUT2D eigenvalue weighted by Gasteiger charge is -2.10. The number of halogens is 2. The quantitative estimate of drug-likeness (QED) is 0.878. The number of anilines is 1. The fraction of sp³-hybridized carbons (Fsp3) is 0.133. The van der Waals surface area contributed by atoms with Crippen molar-refractivity contribution in [1.82, 2.24) is 0 Å². The first-order valence-corrected chi connectivity index (χ1v) is 6.78. The number of hydrogen-bond acceptors (Lipinski definition) is 2. The molecule has 0 spiro atoms. The van der Waals surface area contributed by atoms with Crippen LogP contribution in [-0.2, 0) is 6.54 Å². The molecule has 2 aromatic rings. The summed E-state index contributed by atoms with van der Waals surface area (Å²) in [6.45, 7) is 2.23. The van der Waals surface area contributed by atoms with Crippen molar-refractivity contribution in [3.05, 3.63) is 63.4 Å². The molecule has 5 heteroatoms. The lowest BCUT2D eigenvalue weighted by atomic mass is 10.1. The molecule has 2 N–H and O–H groups in total. The number of carboxylic acid groups (broad SMARTS) is 1. The molecule has 3 nitrogen and oxygen atoms in total. The van der Waals surface area contributed by atoms with E-state index in [0.29, 0.717) is 16.7 Å². The first-order chi connectivity index (χ1) is 9.47. The zero-order valence-corrected chi connectivity index (χ0v) is 12.4. The molecule has 0 aliphatic carbocycles. The number of nitrogens with one attached hydrogen (secondary N) is 1. The molecule has 0 amide bonds. The SMILES string of the molecule is Cc1ccc(NCc2ccc(C(=O)O)cc2Br)c(F)c1. The maximum absolute atomic E-state index is 13.7. The highest BCUT2D eigenvalue weighted by Gasteiger charge is 2.07. The standard InChI is InChI=1S/C15H13BrFNO2/c1-9-2-5-14(13(17)6-9)18-8-11-4-3-10(15(19)20)7-12(11)16/h2-7,18H,8H2,1H3,(H,19,20). The molecule has 0 fully saturated rings. The Labute approximate surface area is 124 Å². The van der Waals surface area contributed by atoms with Gasteiger partial charge in [-0.15, -0.1) is 0 Å². The molecule has 0 aromatic heterocycles. The van der Waals surface area contributed by atoms with Gasteiger partial charge in [0.15, 0.2) is 0 Å². The number of rotatable bonds is 4. The highest BCUT2D eigenvalue weighted by atomic mass is 79.9. The second-order valence-corrected chi connectivity index (χ2v) is 5.30. The molecular weight excluding hydrogens is 325 g/mol. The Hall–Kier alpha value is -1.88. The molecule has 0 radical (unpaired) electrons. The minimum atomic E-state index is -0.977. The van der Waals surface area contributed by atoms with Crippen LogP contribution in [0.1, 0.15) is 21.5 Å². The Bertz CT molecular complexity index is 658. The molecule has 0 aliphatic rings. The van der Waals surface area contributed by atoms with Gasteiger partial charge in [-0.2, -0.15) is 0 Å². The summed E-state index contributed by atoms with van der Waals surface area (Å²) in [6.07, 6.45) is 0. The Balaban J connectivity index is 2.13. The van der Waals surface area contributed by atoms with Gasteiger partial charge in [0, 0.05) is 11.0 Å². The van der Waals surface area contributed by atoms with Crippen LogP contribution in [0.5, 0.6) is 0 Å². The van der Waals surface area contributed by atoms with Crippen molar-refractivity contribution in [1.29, 1.82) is 0 Å². The van der Waals surface area contributed by atoms with E-state index >= 15 is 0 Å². The van der Waals surface area contributed by atoms with Crippen LogP contribution in [0.3, 0.4) is 0 Å². The topological polar surface area (TPSA) is 49.3 Å². The molecule has 2 aromatic carbocycles. The Morgan fingerprint density at radius 3 is 2.65 bits per heavy atom. The van der Waals surface area contributed by atoms with Crippen molar-refractivity contribution in [2.24, 2.45) is 0 Å². The van der Waals surface area contributed by atoms with Crippen LogP contribution < -0.4 is 5.32 Å². The normalized spacial score (nSPS) is 10.3. The van der Waals surface area contributed by atoms with Crippen molar-refractivity contribution in [3.63, 3.8) is 0 Å². The van der Waals surface area contributed by atoms with E-state index in [2.05, 4.69) is 21.2 Å². The zero-order chi connectivity index (χ0) is 14.7. The molecule has 0 saturated carbocycles. The van der Waals surface area contributed by atoms with E-state index in [0.717, 1.165) is 11.1 Å². The molecule has 0 unspecified atom stereocenters. The van der Waals surface area contributed by atoms with Gasteiger partial charge in [0.1, 0.15) is 5.82 Å². The highest BCUT2D eigenvalue weighted by molar-refractivity contribution is 9.10. The maximum Gasteiger partial charge on any atom is 0.335 e. The lowest BCUT2D eigenvalue weighted by molar-refractivity contribution is 0.0697. The van der Waals surface area contributed by atoms with Crippen LogP contribution in [0, 0.1) is 12.7 Å². The summed E-state index contributed by atoms with van der Waals surface area (Å²) in [5, 5.41) is 11.9. The van der Waals surface area contributed by atoms with Crippen LogP contribution in [0.15, 0.2) is 40.9 Å². The first kappa shape index (κ1) is 14.5. The van der Waals surface area contributed by atoms with Gasteiger partial charge in [-0.25, -0.2) is 9.18 Å². The van der Waals surface area contributed by atoms with Crippen LogP contribution in [-0.4, -0.2) is 11.1 Å². The van der Waals surface area contributed by atoms with E-state index < -0.39 is 5.97 Å². The van der Waals surface area contributed by atoms with Crippen molar-refractivity contribution in [2.45, 2.75) is 13.5 Å². The predicted octanol–water partition coefficient (Wildman–Crippen LogP) is 4.21. The average Bonchev–Trinajstić information content (AvgIpc) is 2.38. The summed E-state index contributed by atoms with van der Waals surface area (Å²) in [6, 6.07) is 9.73. The van der Waals surface area contributed by atoms with Crippen molar-refractivity contribution in [2.75, 3.05) is 5.32 Å². The van der Waals surface area contributed by atoms with E-state index in [1.165, 1.54) is 18.2 Å². The third kappa shape index (κ3) is 3.36. The summed E-state index contributed by atoms with van der Waals surface area (Å²) < 4.78 is 14.3. The number of aromatic carboxylic acids is 1. The Kier molecular flexibility index (Phi) is 4.39. The maximum atomic E-state index is 13.7. The number of benzene rings is 2.